The fraction of sp³-hybridized carbons (Fsp3) is 0.588. The molecule has 1 aromatic carbocycles. The van der Waals surface area contributed by atoms with Gasteiger partial charge < -0.3 is 20.3 Å². The molecule has 6 heteroatoms. The van der Waals surface area contributed by atoms with Gasteiger partial charge in [-0.25, -0.2) is 0 Å². The van der Waals surface area contributed by atoms with Gasteiger partial charge in [-0.3, -0.25) is 4.99 Å². The minimum atomic E-state index is 0. The molecule has 1 atom stereocenters. The van der Waals surface area contributed by atoms with Gasteiger partial charge in [0.1, 0.15) is 0 Å². The van der Waals surface area contributed by atoms with Gasteiger partial charge in [-0.1, -0.05) is 31.2 Å². The van der Waals surface area contributed by atoms with Crippen molar-refractivity contribution in [3.05, 3.63) is 35.4 Å². The van der Waals surface area contributed by atoms with E-state index in [1.54, 1.807) is 0 Å². The highest BCUT2D eigenvalue weighted by Crippen LogP contribution is 2.19. The van der Waals surface area contributed by atoms with Crippen LogP contribution in [0.4, 0.5) is 0 Å². The summed E-state index contributed by atoms with van der Waals surface area (Å²) >= 11 is 0. The fourth-order valence-electron chi connectivity index (χ4n) is 2.61. The van der Waals surface area contributed by atoms with E-state index in [1.165, 1.54) is 11.1 Å². The van der Waals surface area contributed by atoms with Crippen molar-refractivity contribution in [1.29, 1.82) is 0 Å². The summed E-state index contributed by atoms with van der Waals surface area (Å²) in [4.78, 5) is 8.90. The van der Waals surface area contributed by atoms with Crippen LogP contribution in [0.15, 0.2) is 29.3 Å². The van der Waals surface area contributed by atoms with Gasteiger partial charge in [0, 0.05) is 13.1 Å². The van der Waals surface area contributed by atoms with Gasteiger partial charge in [-0.05, 0) is 31.6 Å². The second-order valence-electron chi connectivity index (χ2n) is 5.87. The average molecular weight is 432 g/mol. The smallest absolute Gasteiger partial charge is 0.191 e. The highest BCUT2D eigenvalue weighted by Gasteiger charge is 2.16. The lowest BCUT2D eigenvalue weighted by Gasteiger charge is -2.29. The number of halogens is 1. The van der Waals surface area contributed by atoms with Crippen molar-refractivity contribution in [2.24, 2.45) is 10.7 Å². The molecule has 0 spiro atoms. The lowest BCUT2D eigenvalue weighted by Crippen LogP contribution is -2.45. The van der Waals surface area contributed by atoms with Crippen molar-refractivity contribution in [2.45, 2.75) is 19.4 Å². The molecule has 0 amide bonds. The number of guanidine groups is 1. The number of hydrogen-bond acceptors (Lipinski definition) is 3. The Balaban J connectivity index is 0.00000264. The summed E-state index contributed by atoms with van der Waals surface area (Å²) in [6, 6.07) is 9.03. The van der Waals surface area contributed by atoms with E-state index in [-0.39, 0.29) is 30.0 Å². The predicted octanol–water partition coefficient (Wildman–Crippen LogP) is 2.12. The molecule has 23 heavy (non-hydrogen) atoms. The molecule has 2 N–H and O–H groups in total. The molecule has 1 aliphatic heterocycles. The highest BCUT2D eigenvalue weighted by atomic mass is 127. The number of nitrogens with zero attached hydrogens (tertiary/aromatic N) is 3. The number of benzene rings is 1. The second-order valence-corrected chi connectivity index (χ2v) is 5.87. The molecule has 1 heterocycles. The SMILES string of the molecule is CCc1ccc(C(CN=C(N)N2CCOCC2)N(C)C)cc1.I. The summed E-state index contributed by atoms with van der Waals surface area (Å²) in [6.45, 7) is 5.95. The molecule has 0 radical (unpaired) electrons. The first-order valence-electron chi connectivity index (χ1n) is 7.99. The molecule has 1 unspecified atom stereocenters. The van der Waals surface area contributed by atoms with E-state index >= 15 is 0 Å². The summed E-state index contributed by atoms with van der Waals surface area (Å²) in [7, 11) is 4.16. The molecule has 0 saturated carbocycles. The third kappa shape index (κ3) is 5.93. The molecule has 0 aliphatic carbocycles. The quantitative estimate of drug-likeness (QED) is 0.440. The number of hydrogen-bond donors (Lipinski definition) is 1. The van der Waals surface area contributed by atoms with E-state index in [2.05, 4.69) is 60.1 Å². The Hall–Kier alpha value is -0.860. The van der Waals surface area contributed by atoms with Crippen LogP contribution in [0.5, 0.6) is 0 Å². The Morgan fingerprint density at radius 1 is 1.26 bits per heavy atom. The first kappa shape index (κ1) is 20.2. The molecule has 1 saturated heterocycles. The number of nitrogens with two attached hydrogens (primary N) is 1. The lowest BCUT2D eigenvalue weighted by atomic mass is 10.0. The van der Waals surface area contributed by atoms with Crippen LogP contribution in [0, 0.1) is 0 Å². The summed E-state index contributed by atoms with van der Waals surface area (Å²) in [5.74, 6) is 0.625. The van der Waals surface area contributed by atoms with Crippen LogP contribution in [-0.4, -0.2) is 62.7 Å². The van der Waals surface area contributed by atoms with Gasteiger partial charge in [0.2, 0.25) is 0 Å². The first-order chi connectivity index (χ1) is 10.6. The van der Waals surface area contributed by atoms with E-state index in [0.717, 1.165) is 32.7 Å². The third-order valence-corrected chi connectivity index (χ3v) is 4.16. The zero-order valence-electron chi connectivity index (χ0n) is 14.4. The van der Waals surface area contributed by atoms with Crippen LogP contribution in [0.1, 0.15) is 24.1 Å². The van der Waals surface area contributed by atoms with Crippen LogP contribution in [0.2, 0.25) is 0 Å². The molecule has 130 valence electrons. The number of ether oxygens (including phenoxy) is 1. The van der Waals surface area contributed by atoms with Crippen molar-refractivity contribution in [3.8, 4) is 0 Å². The normalized spacial score (nSPS) is 17.0. The summed E-state index contributed by atoms with van der Waals surface area (Å²) in [5, 5.41) is 0. The molecule has 2 rings (SSSR count). The molecule has 5 nitrogen and oxygen atoms in total. The van der Waals surface area contributed by atoms with Gasteiger partial charge in [0.15, 0.2) is 5.96 Å². The van der Waals surface area contributed by atoms with Crippen LogP contribution < -0.4 is 5.73 Å². The van der Waals surface area contributed by atoms with E-state index in [9.17, 15) is 0 Å². The molecule has 0 bridgehead atoms. The molecular weight excluding hydrogens is 403 g/mol. The number of likely N-dealkylation sites (N-methyl/N-ethyl adjacent to an activating group) is 1. The van der Waals surface area contributed by atoms with Crippen molar-refractivity contribution >= 4 is 29.9 Å². The highest BCUT2D eigenvalue weighted by molar-refractivity contribution is 14.0. The Labute approximate surface area is 156 Å². The van der Waals surface area contributed by atoms with Crippen LogP contribution in [-0.2, 0) is 11.2 Å². The maximum atomic E-state index is 6.12. The van der Waals surface area contributed by atoms with Crippen molar-refractivity contribution in [1.82, 2.24) is 9.80 Å². The van der Waals surface area contributed by atoms with Gasteiger partial charge >= 0.3 is 0 Å². The standard InChI is InChI=1S/C17H28N4O.HI/c1-4-14-5-7-15(8-6-14)16(20(2)3)13-19-17(18)21-9-11-22-12-10-21;/h5-8,16H,4,9-13H2,1-3H3,(H2,18,19);1H. The Morgan fingerprint density at radius 2 is 1.87 bits per heavy atom. The monoisotopic (exact) mass is 432 g/mol. The third-order valence-electron chi connectivity index (χ3n) is 4.16. The van der Waals surface area contributed by atoms with Crippen LogP contribution in [0.3, 0.4) is 0 Å². The van der Waals surface area contributed by atoms with E-state index < -0.39 is 0 Å². The van der Waals surface area contributed by atoms with E-state index in [0.29, 0.717) is 12.5 Å². The Kier molecular flexibility index (Phi) is 8.86. The fourth-order valence-corrected chi connectivity index (χ4v) is 2.61. The number of aryl methyl sites for hydroxylation is 1. The van der Waals surface area contributed by atoms with Crippen molar-refractivity contribution < 1.29 is 4.74 Å². The van der Waals surface area contributed by atoms with Crippen molar-refractivity contribution in [3.63, 3.8) is 0 Å². The maximum Gasteiger partial charge on any atom is 0.191 e. The summed E-state index contributed by atoms with van der Waals surface area (Å²) in [5.41, 5.74) is 8.76. The number of morpholine rings is 1. The number of rotatable bonds is 5. The summed E-state index contributed by atoms with van der Waals surface area (Å²) in [6.07, 6.45) is 1.06. The van der Waals surface area contributed by atoms with Crippen LogP contribution in [0.25, 0.3) is 0 Å². The van der Waals surface area contributed by atoms with Gasteiger partial charge in [-0.2, -0.15) is 0 Å². The molecular formula is C17H29IN4O. The zero-order chi connectivity index (χ0) is 15.9. The minimum absolute atomic E-state index is 0. The Morgan fingerprint density at radius 3 is 2.39 bits per heavy atom. The molecule has 0 aromatic heterocycles. The lowest BCUT2D eigenvalue weighted by molar-refractivity contribution is 0.0673. The molecule has 1 fully saturated rings. The Bertz CT molecular complexity index is 484. The van der Waals surface area contributed by atoms with Gasteiger partial charge in [-0.15, -0.1) is 24.0 Å². The number of aliphatic imine (C=N–C) groups is 1. The van der Waals surface area contributed by atoms with E-state index in [1.807, 2.05) is 0 Å². The first-order valence-corrected chi connectivity index (χ1v) is 7.99. The molecule has 1 aliphatic rings. The summed E-state index contributed by atoms with van der Waals surface area (Å²) < 4.78 is 5.34. The van der Waals surface area contributed by atoms with Crippen LogP contribution >= 0.6 is 24.0 Å². The largest absolute Gasteiger partial charge is 0.378 e. The van der Waals surface area contributed by atoms with Crippen molar-refractivity contribution in [2.75, 3.05) is 46.9 Å². The molecule has 1 aromatic rings. The average Bonchev–Trinajstić information content (AvgIpc) is 2.56. The zero-order valence-corrected chi connectivity index (χ0v) is 16.7. The van der Waals surface area contributed by atoms with Gasteiger partial charge in [0.05, 0.1) is 25.8 Å². The van der Waals surface area contributed by atoms with Gasteiger partial charge in [0.25, 0.3) is 0 Å². The predicted molar refractivity (Wildman–Crippen MR) is 107 cm³/mol. The second kappa shape index (κ2) is 10.1. The maximum absolute atomic E-state index is 6.12. The van der Waals surface area contributed by atoms with E-state index in [4.69, 9.17) is 10.5 Å². The topological polar surface area (TPSA) is 54.1 Å². The minimum Gasteiger partial charge on any atom is -0.378 e.